The lowest BCUT2D eigenvalue weighted by Gasteiger charge is -1.91. The monoisotopic (exact) mass is 114 g/mol. The zero-order valence-corrected chi connectivity index (χ0v) is 5.10. The smallest absolute Gasteiger partial charge is 0.237 e. The number of rotatable bonds is 1. The van der Waals surface area contributed by atoms with Gasteiger partial charge in [-0.05, 0) is 6.92 Å². The van der Waals surface area contributed by atoms with Crippen molar-refractivity contribution in [3.05, 3.63) is 0 Å². The molecule has 0 atom stereocenters. The summed E-state index contributed by atoms with van der Waals surface area (Å²) in [4.78, 5) is 3.81. The van der Waals surface area contributed by atoms with Gasteiger partial charge < -0.3 is 5.32 Å². The predicted molar refractivity (Wildman–Crippen MR) is 32.2 cm³/mol. The number of guanidine groups is 1. The van der Waals surface area contributed by atoms with E-state index in [1.54, 1.807) is 7.05 Å². The molecule has 4 heteroatoms. The second kappa shape index (κ2) is 4.23. The van der Waals surface area contributed by atoms with E-state index in [9.17, 15) is 0 Å². The van der Waals surface area contributed by atoms with Crippen LogP contribution in [0.4, 0.5) is 0 Å². The Bertz CT molecular complexity index is 96.2. The first-order valence-electron chi connectivity index (χ1n) is 2.44. The van der Waals surface area contributed by atoms with Gasteiger partial charge in [0.25, 0.3) is 0 Å². The molecular formula is C4H10N4. The Balaban J connectivity index is 3.66. The van der Waals surface area contributed by atoms with Gasteiger partial charge in [-0.25, -0.2) is 5.53 Å². The van der Waals surface area contributed by atoms with Gasteiger partial charge >= 0.3 is 0 Å². The van der Waals surface area contributed by atoms with Crippen LogP contribution >= 0.6 is 0 Å². The quantitative estimate of drug-likeness (QED) is 0.293. The number of hydrogen-bond acceptors (Lipinski definition) is 2. The molecular weight excluding hydrogens is 104 g/mol. The van der Waals surface area contributed by atoms with Crippen LogP contribution in [0.2, 0.25) is 0 Å². The summed E-state index contributed by atoms with van der Waals surface area (Å²) in [7, 11) is 1.69. The van der Waals surface area contributed by atoms with E-state index in [1.165, 1.54) is 0 Å². The summed E-state index contributed by atoms with van der Waals surface area (Å²) >= 11 is 0. The van der Waals surface area contributed by atoms with Gasteiger partial charge in [0.15, 0.2) is 0 Å². The van der Waals surface area contributed by atoms with Gasteiger partial charge in [-0.2, -0.15) is 0 Å². The van der Waals surface area contributed by atoms with Crippen LogP contribution in [0.15, 0.2) is 10.1 Å². The topological polar surface area (TPSA) is 60.6 Å². The van der Waals surface area contributed by atoms with Gasteiger partial charge in [0.1, 0.15) is 0 Å². The van der Waals surface area contributed by atoms with E-state index >= 15 is 0 Å². The van der Waals surface area contributed by atoms with Crippen molar-refractivity contribution < 1.29 is 0 Å². The first kappa shape index (κ1) is 7.07. The predicted octanol–water partition coefficient (Wildman–Crippen LogP) is 0.613. The zero-order valence-electron chi connectivity index (χ0n) is 5.10. The summed E-state index contributed by atoms with van der Waals surface area (Å²) < 4.78 is 0. The van der Waals surface area contributed by atoms with Crippen LogP contribution in [-0.4, -0.2) is 19.6 Å². The molecule has 0 radical (unpaired) electrons. The van der Waals surface area contributed by atoms with Crippen molar-refractivity contribution in [1.82, 2.24) is 5.32 Å². The minimum atomic E-state index is 0.382. The summed E-state index contributed by atoms with van der Waals surface area (Å²) in [6.07, 6.45) is 0. The van der Waals surface area contributed by atoms with Crippen molar-refractivity contribution in [2.45, 2.75) is 6.92 Å². The second-order valence-electron chi connectivity index (χ2n) is 1.16. The van der Waals surface area contributed by atoms with Crippen molar-refractivity contribution in [2.75, 3.05) is 13.6 Å². The lowest BCUT2D eigenvalue weighted by atomic mass is 10.8. The van der Waals surface area contributed by atoms with Crippen molar-refractivity contribution in [1.29, 1.82) is 5.53 Å². The highest BCUT2D eigenvalue weighted by molar-refractivity contribution is 5.79. The molecule has 4 nitrogen and oxygen atoms in total. The molecule has 0 spiro atoms. The molecule has 0 saturated carbocycles. The third kappa shape index (κ3) is 2.28. The average molecular weight is 114 g/mol. The molecule has 0 unspecified atom stereocenters. The van der Waals surface area contributed by atoms with Gasteiger partial charge in [0, 0.05) is 13.6 Å². The summed E-state index contributed by atoms with van der Waals surface area (Å²) in [5.74, 6) is 0.382. The highest BCUT2D eigenvalue weighted by Gasteiger charge is 1.83. The van der Waals surface area contributed by atoms with Gasteiger partial charge in [-0.1, -0.05) is 0 Å². The molecule has 0 heterocycles. The molecule has 0 aliphatic rings. The van der Waals surface area contributed by atoms with Crippen LogP contribution in [0, 0.1) is 5.53 Å². The molecule has 2 N–H and O–H groups in total. The number of nitrogens with one attached hydrogen (secondary N) is 2. The molecule has 0 amide bonds. The van der Waals surface area contributed by atoms with E-state index in [1.807, 2.05) is 6.92 Å². The lowest BCUT2D eigenvalue weighted by Crippen LogP contribution is -2.14. The third-order valence-electron chi connectivity index (χ3n) is 0.637. The number of nitrogens with zero attached hydrogens (tertiary/aromatic N) is 2. The van der Waals surface area contributed by atoms with Crippen molar-refractivity contribution >= 4 is 5.96 Å². The molecule has 0 aliphatic carbocycles. The summed E-state index contributed by atoms with van der Waals surface area (Å²) in [6.45, 7) is 2.56. The van der Waals surface area contributed by atoms with Crippen LogP contribution in [-0.2, 0) is 0 Å². The first-order valence-corrected chi connectivity index (χ1v) is 2.44. The maximum atomic E-state index is 6.49. The van der Waals surface area contributed by atoms with Crippen molar-refractivity contribution in [3.8, 4) is 0 Å². The SMILES string of the molecule is CCN=C(N=N)NC. The molecule has 0 rings (SSSR count). The van der Waals surface area contributed by atoms with E-state index in [4.69, 9.17) is 5.53 Å². The van der Waals surface area contributed by atoms with Gasteiger partial charge in [0.05, 0.1) is 0 Å². The van der Waals surface area contributed by atoms with Crippen LogP contribution in [0.25, 0.3) is 0 Å². The molecule has 0 aliphatic heterocycles. The maximum absolute atomic E-state index is 6.49. The minimum Gasteiger partial charge on any atom is -0.356 e. The van der Waals surface area contributed by atoms with E-state index in [-0.39, 0.29) is 0 Å². The van der Waals surface area contributed by atoms with E-state index in [2.05, 4.69) is 15.4 Å². The van der Waals surface area contributed by atoms with Gasteiger partial charge in [-0.15, -0.1) is 5.11 Å². The summed E-state index contributed by atoms with van der Waals surface area (Å²) in [5.41, 5.74) is 6.49. The molecule has 0 saturated heterocycles. The first-order chi connectivity index (χ1) is 3.85. The Kier molecular flexibility index (Phi) is 3.74. The highest BCUT2D eigenvalue weighted by atomic mass is 15.2. The van der Waals surface area contributed by atoms with Crippen molar-refractivity contribution in [3.63, 3.8) is 0 Å². The zero-order chi connectivity index (χ0) is 6.41. The third-order valence-corrected chi connectivity index (χ3v) is 0.637. The molecule has 46 valence electrons. The standard InChI is InChI=1S/C4H10N4/c1-3-7-4(6-2)8-5/h5H,3H2,1-2H3,(H,6,7). The van der Waals surface area contributed by atoms with Gasteiger partial charge in [0.2, 0.25) is 5.96 Å². The lowest BCUT2D eigenvalue weighted by molar-refractivity contribution is 1.01. The minimum absolute atomic E-state index is 0.382. The average Bonchev–Trinajstić information content (AvgIpc) is 1.83. The summed E-state index contributed by atoms with van der Waals surface area (Å²) in [5, 5.41) is 5.73. The Morgan fingerprint density at radius 2 is 2.38 bits per heavy atom. The molecule has 0 bridgehead atoms. The normalized spacial score (nSPS) is 11.0. The Labute approximate surface area is 48.5 Å². The molecule has 0 aromatic rings. The van der Waals surface area contributed by atoms with Gasteiger partial charge in [-0.3, -0.25) is 4.99 Å². The molecule has 0 aromatic carbocycles. The molecule has 0 fully saturated rings. The molecule has 0 aromatic heterocycles. The Morgan fingerprint density at radius 3 is 2.50 bits per heavy atom. The molecule has 8 heavy (non-hydrogen) atoms. The van der Waals surface area contributed by atoms with E-state index in [0.29, 0.717) is 12.5 Å². The fraction of sp³-hybridized carbons (Fsp3) is 0.750. The number of aliphatic imine (C=N–C) groups is 1. The van der Waals surface area contributed by atoms with Crippen LogP contribution in [0.1, 0.15) is 6.92 Å². The largest absolute Gasteiger partial charge is 0.356 e. The van der Waals surface area contributed by atoms with Crippen LogP contribution < -0.4 is 5.32 Å². The fourth-order valence-corrected chi connectivity index (χ4v) is 0.320. The maximum Gasteiger partial charge on any atom is 0.237 e. The van der Waals surface area contributed by atoms with Crippen LogP contribution in [0.3, 0.4) is 0 Å². The Morgan fingerprint density at radius 1 is 1.75 bits per heavy atom. The second-order valence-corrected chi connectivity index (χ2v) is 1.16. The number of hydrogen-bond donors (Lipinski definition) is 2. The van der Waals surface area contributed by atoms with Crippen molar-refractivity contribution in [2.24, 2.45) is 10.1 Å². The van der Waals surface area contributed by atoms with E-state index < -0.39 is 0 Å². The highest BCUT2D eigenvalue weighted by Crippen LogP contribution is 1.72. The fourth-order valence-electron chi connectivity index (χ4n) is 0.320. The Hall–Kier alpha value is -0.930. The summed E-state index contributed by atoms with van der Waals surface area (Å²) in [6, 6.07) is 0. The van der Waals surface area contributed by atoms with Crippen LogP contribution in [0.5, 0.6) is 0 Å². The van der Waals surface area contributed by atoms with E-state index in [0.717, 1.165) is 0 Å².